The molecule has 1 aliphatic rings. The van der Waals surface area contributed by atoms with Gasteiger partial charge >= 0.3 is 0 Å². The third-order valence-corrected chi connectivity index (χ3v) is 3.63. The molecule has 0 unspecified atom stereocenters. The van der Waals surface area contributed by atoms with Crippen LogP contribution in [0.3, 0.4) is 0 Å². The van der Waals surface area contributed by atoms with Crippen LogP contribution in [-0.2, 0) is 6.54 Å². The largest absolute Gasteiger partial charge is 0.308 e. The van der Waals surface area contributed by atoms with Crippen LogP contribution in [0.5, 0.6) is 0 Å². The predicted octanol–water partition coefficient (Wildman–Crippen LogP) is 3.15. The summed E-state index contributed by atoms with van der Waals surface area (Å²) >= 11 is 0. The van der Waals surface area contributed by atoms with Gasteiger partial charge in [0.15, 0.2) is 0 Å². The van der Waals surface area contributed by atoms with Crippen LogP contribution < -0.4 is 5.32 Å². The number of benzene rings is 1. The van der Waals surface area contributed by atoms with Gasteiger partial charge in [0.25, 0.3) is 0 Å². The van der Waals surface area contributed by atoms with Crippen LogP contribution in [0.2, 0.25) is 0 Å². The van der Waals surface area contributed by atoms with Gasteiger partial charge in [-0.25, -0.2) is 0 Å². The SMILES string of the molecule is C=CC(/C=C/[C@@H]1CN(Cc2ccccc2)CCN1)=C\C. The normalized spacial score (nSPS) is 21.2. The highest BCUT2D eigenvalue weighted by molar-refractivity contribution is 5.29. The summed E-state index contributed by atoms with van der Waals surface area (Å²) in [4.78, 5) is 2.50. The first-order valence-electron chi connectivity index (χ1n) is 7.28. The Morgan fingerprint density at radius 1 is 1.40 bits per heavy atom. The lowest BCUT2D eigenvalue weighted by atomic mass is 10.1. The van der Waals surface area contributed by atoms with E-state index in [1.165, 1.54) is 11.1 Å². The lowest BCUT2D eigenvalue weighted by molar-refractivity contribution is 0.210. The van der Waals surface area contributed by atoms with Crippen LogP contribution in [-0.4, -0.2) is 30.6 Å². The summed E-state index contributed by atoms with van der Waals surface area (Å²) in [5.41, 5.74) is 2.56. The first kappa shape index (κ1) is 14.8. The minimum Gasteiger partial charge on any atom is -0.308 e. The van der Waals surface area contributed by atoms with Gasteiger partial charge in [-0.2, -0.15) is 0 Å². The molecule has 0 amide bonds. The molecule has 0 bridgehead atoms. The molecule has 1 atom stereocenters. The molecule has 1 fully saturated rings. The molecule has 2 heteroatoms. The topological polar surface area (TPSA) is 15.3 Å². The third-order valence-electron chi connectivity index (χ3n) is 3.63. The Balaban J connectivity index is 1.90. The van der Waals surface area contributed by atoms with Gasteiger partial charge in [0.2, 0.25) is 0 Å². The molecule has 0 aliphatic carbocycles. The second-order valence-corrected chi connectivity index (χ2v) is 5.13. The van der Waals surface area contributed by atoms with Gasteiger partial charge in [-0.05, 0) is 18.1 Å². The number of hydrogen-bond donors (Lipinski definition) is 1. The van der Waals surface area contributed by atoms with Crippen molar-refractivity contribution in [1.29, 1.82) is 0 Å². The fraction of sp³-hybridized carbons (Fsp3) is 0.333. The van der Waals surface area contributed by atoms with Crippen molar-refractivity contribution in [1.82, 2.24) is 10.2 Å². The van der Waals surface area contributed by atoms with E-state index in [0.717, 1.165) is 26.2 Å². The molecule has 1 aromatic carbocycles. The third kappa shape index (κ3) is 4.48. The molecule has 2 rings (SSSR count). The summed E-state index contributed by atoms with van der Waals surface area (Å²) < 4.78 is 0. The van der Waals surface area contributed by atoms with Crippen molar-refractivity contribution in [3.05, 3.63) is 72.4 Å². The molecule has 106 valence electrons. The summed E-state index contributed by atoms with van der Waals surface area (Å²) in [6, 6.07) is 11.1. The fourth-order valence-electron chi connectivity index (χ4n) is 2.47. The Labute approximate surface area is 122 Å². The fourth-order valence-corrected chi connectivity index (χ4v) is 2.47. The van der Waals surface area contributed by atoms with Crippen molar-refractivity contribution >= 4 is 0 Å². The molecule has 0 spiro atoms. The van der Waals surface area contributed by atoms with Gasteiger partial charge in [0.05, 0.1) is 0 Å². The number of hydrogen-bond acceptors (Lipinski definition) is 2. The van der Waals surface area contributed by atoms with Crippen molar-refractivity contribution in [2.75, 3.05) is 19.6 Å². The Kier molecular flexibility index (Phi) is 5.78. The number of rotatable bonds is 5. The maximum absolute atomic E-state index is 3.82. The molecular formula is C18H24N2. The molecule has 1 N–H and O–H groups in total. The van der Waals surface area contributed by atoms with Crippen LogP contribution in [0.4, 0.5) is 0 Å². The smallest absolute Gasteiger partial charge is 0.0382 e. The van der Waals surface area contributed by atoms with Gasteiger partial charge in [0, 0.05) is 32.2 Å². The maximum atomic E-state index is 3.82. The molecule has 1 aliphatic heterocycles. The monoisotopic (exact) mass is 268 g/mol. The quantitative estimate of drug-likeness (QED) is 0.825. The van der Waals surface area contributed by atoms with Crippen LogP contribution in [0, 0.1) is 0 Å². The van der Waals surface area contributed by atoms with E-state index >= 15 is 0 Å². The van der Waals surface area contributed by atoms with E-state index < -0.39 is 0 Å². The summed E-state index contributed by atoms with van der Waals surface area (Å²) in [5, 5.41) is 3.55. The summed E-state index contributed by atoms with van der Waals surface area (Å²) in [5.74, 6) is 0. The molecule has 0 radical (unpaired) electrons. The highest BCUT2D eigenvalue weighted by Crippen LogP contribution is 2.09. The highest BCUT2D eigenvalue weighted by Gasteiger charge is 2.16. The molecule has 1 heterocycles. The Morgan fingerprint density at radius 3 is 2.90 bits per heavy atom. The molecule has 0 aromatic heterocycles. The summed E-state index contributed by atoms with van der Waals surface area (Å²) in [7, 11) is 0. The number of piperazine rings is 1. The van der Waals surface area contributed by atoms with E-state index in [0.29, 0.717) is 6.04 Å². The number of allylic oxidation sites excluding steroid dienone is 4. The van der Waals surface area contributed by atoms with E-state index in [-0.39, 0.29) is 0 Å². The van der Waals surface area contributed by atoms with Crippen LogP contribution in [0.15, 0.2) is 66.8 Å². The Bertz CT molecular complexity index is 473. The second kappa shape index (κ2) is 7.83. The molecular weight excluding hydrogens is 244 g/mol. The van der Waals surface area contributed by atoms with Crippen LogP contribution in [0.25, 0.3) is 0 Å². The molecule has 20 heavy (non-hydrogen) atoms. The van der Waals surface area contributed by atoms with Gasteiger partial charge < -0.3 is 5.32 Å². The van der Waals surface area contributed by atoms with Crippen molar-refractivity contribution in [2.45, 2.75) is 19.5 Å². The molecule has 1 aromatic rings. The number of nitrogens with zero attached hydrogens (tertiary/aromatic N) is 1. The van der Waals surface area contributed by atoms with Gasteiger partial charge in [0.1, 0.15) is 0 Å². The van der Waals surface area contributed by atoms with E-state index in [9.17, 15) is 0 Å². The van der Waals surface area contributed by atoms with Gasteiger partial charge in [-0.15, -0.1) is 0 Å². The van der Waals surface area contributed by atoms with Gasteiger partial charge in [-0.3, -0.25) is 4.90 Å². The van der Waals surface area contributed by atoms with Crippen LogP contribution >= 0.6 is 0 Å². The van der Waals surface area contributed by atoms with E-state index in [2.05, 4.69) is 65.4 Å². The Hall–Kier alpha value is -1.64. The average molecular weight is 268 g/mol. The lowest BCUT2D eigenvalue weighted by Gasteiger charge is -2.32. The standard InChI is InChI=1S/C18H24N2/c1-3-16(4-2)10-11-18-15-20(13-12-19-18)14-17-8-6-5-7-9-17/h3-11,18-19H,1,12-15H2,2H3/b11-10+,16-4+/t18-/m1/s1. The van der Waals surface area contributed by atoms with E-state index in [1.54, 1.807) is 0 Å². The predicted molar refractivity (Wildman–Crippen MR) is 86.6 cm³/mol. The van der Waals surface area contributed by atoms with E-state index in [4.69, 9.17) is 0 Å². The average Bonchev–Trinajstić information content (AvgIpc) is 2.50. The first-order valence-corrected chi connectivity index (χ1v) is 7.28. The minimum atomic E-state index is 0.419. The minimum absolute atomic E-state index is 0.419. The molecule has 0 saturated carbocycles. The zero-order valence-corrected chi connectivity index (χ0v) is 12.3. The van der Waals surface area contributed by atoms with E-state index in [1.807, 2.05) is 13.0 Å². The van der Waals surface area contributed by atoms with Crippen molar-refractivity contribution < 1.29 is 0 Å². The summed E-state index contributed by atoms with van der Waals surface area (Å²) in [6.07, 6.45) is 8.36. The van der Waals surface area contributed by atoms with Crippen LogP contribution in [0.1, 0.15) is 12.5 Å². The lowest BCUT2D eigenvalue weighted by Crippen LogP contribution is -2.49. The second-order valence-electron chi connectivity index (χ2n) is 5.13. The molecule has 2 nitrogen and oxygen atoms in total. The van der Waals surface area contributed by atoms with Gasteiger partial charge in [-0.1, -0.05) is 61.2 Å². The molecule has 1 saturated heterocycles. The zero-order chi connectivity index (χ0) is 14.2. The van der Waals surface area contributed by atoms with Crippen molar-refractivity contribution in [3.8, 4) is 0 Å². The number of nitrogens with one attached hydrogen (secondary N) is 1. The highest BCUT2D eigenvalue weighted by atomic mass is 15.2. The first-order chi connectivity index (χ1) is 9.81. The van der Waals surface area contributed by atoms with Crippen molar-refractivity contribution in [2.24, 2.45) is 0 Å². The van der Waals surface area contributed by atoms with Crippen molar-refractivity contribution in [3.63, 3.8) is 0 Å². The Morgan fingerprint density at radius 2 is 2.20 bits per heavy atom. The zero-order valence-electron chi connectivity index (χ0n) is 12.3. The maximum Gasteiger partial charge on any atom is 0.0382 e. The summed E-state index contributed by atoms with van der Waals surface area (Å²) in [6.45, 7) is 10.1.